The molecule has 1 N–H and O–H groups in total. The Kier molecular flexibility index (Phi) is 6.41. The monoisotopic (exact) mass is 366 g/mol. The van der Waals surface area contributed by atoms with Crippen molar-refractivity contribution in [2.75, 3.05) is 26.7 Å². The van der Waals surface area contributed by atoms with E-state index < -0.39 is 0 Å². The summed E-state index contributed by atoms with van der Waals surface area (Å²) in [6, 6.07) is 1.92. The molecule has 1 fully saturated rings. The van der Waals surface area contributed by atoms with Gasteiger partial charge in [0.25, 0.3) is 11.6 Å². The molecule has 0 aliphatic carbocycles. The average molecular weight is 367 g/mol. The molecular formula is C18H27ClN4O2. The number of pyridine rings is 1. The fourth-order valence-electron chi connectivity index (χ4n) is 3.45. The third kappa shape index (κ3) is 3.96. The summed E-state index contributed by atoms with van der Waals surface area (Å²) in [4.78, 5) is 19.7. The van der Waals surface area contributed by atoms with Crippen LogP contribution in [0.15, 0.2) is 10.6 Å². The number of fused-ring (bicyclic) bond motifs is 1. The van der Waals surface area contributed by atoms with Gasteiger partial charge in [-0.15, -0.1) is 12.4 Å². The summed E-state index contributed by atoms with van der Waals surface area (Å²) in [7, 11) is 1.96. The summed E-state index contributed by atoms with van der Waals surface area (Å²) in [6.45, 7) is 8.54. The van der Waals surface area contributed by atoms with Gasteiger partial charge in [-0.1, -0.05) is 19.0 Å². The predicted molar refractivity (Wildman–Crippen MR) is 100 cm³/mol. The van der Waals surface area contributed by atoms with E-state index in [1.807, 2.05) is 24.9 Å². The Morgan fingerprint density at radius 1 is 1.48 bits per heavy atom. The number of rotatable bonds is 4. The number of carbonyl (C=O) groups excluding carboxylic acids is 1. The molecule has 1 atom stereocenters. The number of carbonyl (C=O) groups is 1. The first-order chi connectivity index (χ1) is 11.5. The molecule has 25 heavy (non-hydrogen) atoms. The van der Waals surface area contributed by atoms with Crippen molar-refractivity contribution in [1.82, 2.24) is 20.4 Å². The first-order valence-corrected chi connectivity index (χ1v) is 8.72. The zero-order chi connectivity index (χ0) is 17.3. The lowest BCUT2D eigenvalue weighted by molar-refractivity contribution is 0.0676. The average Bonchev–Trinajstić information content (AvgIpc) is 2.95. The molecule has 1 aliphatic heterocycles. The predicted octanol–water partition coefficient (Wildman–Crippen LogP) is 3.15. The van der Waals surface area contributed by atoms with Gasteiger partial charge in [-0.05, 0) is 51.3 Å². The molecule has 0 spiro atoms. The SMILES string of the molecule is CNCC1CCCN(C(=O)c2cc(C(C)C)nc3onc(C)c23)C1.Cl. The Balaban J connectivity index is 0.00000225. The van der Waals surface area contributed by atoms with Gasteiger partial charge in [0.15, 0.2) is 0 Å². The van der Waals surface area contributed by atoms with Crippen LogP contribution in [0.5, 0.6) is 0 Å². The molecule has 7 heteroatoms. The van der Waals surface area contributed by atoms with Gasteiger partial charge in [0.1, 0.15) is 0 Å². The van der Waals surface area contributed by atoms with Crippen molar-refractivity contribution in [1.29, 1.82) is 0 Å². The second kappa shape index (κ2) is 8.15. The number of nitrogens with one attached hydrogen (secondary N) is 1. The highest BCUT2D eigenvalue weighted by Crippen LogP contribution is 2.27. The lowest BCUT2D eigenvalue weighted by Crippen LogP contribution is -2.42. The van der Waals surface area contributed by atoms with Gasteiger partial charge in [0.2, 0.25) is 0 Å². The van der Waals surface area contributed by atoms with Gasteiger partial charge >= 0.3 is 0 Å². The number of piperidine rings is 1. The van der Waals surface area contributed by atoms with Crippen LogP contribution < -0.4 is 5.32 Å². The fraction of sp³-hybridized carbons (Fsp3) is 0.611. The number of nitrogens with zero attached hydrogens (tertiary/aromatic N) is 3. The maximum atomic E-state index is 13.2. The summed E-state index contributed by atoms with van der Waals surface area (Å²) in [6.07, 6.45) is 2.21. The molecule has 0 saturated carbocycles. The molecule has 1 saturated heterocycles. The summed E-state index contributed by atoms with van der Waals surface area (Å²) in [5.74, 6) is 0.805. The van der Waals surface area contributed by atoms with Crippen molar-refractivity contribution >= 4 is 29.4 Å². The number of aryl methyl sites for hydroxylation is 1. The molecule has 2 aromatic heterocycles. The molecule has 0 bridgehead atoms. The van der Waals surface area contributed by atoms with Crippen molar-refractivity contribution in [2.24, 2.45) is 5.92 Å². The number of hydrogen-bond donors (Lipinski definition) is 1. The third-order valence-corrected chi connectivity index (χ3v) is 4.76. The van der Waals surface area contributed by atoms with Crippen LogP contribution in [-0.4, -0.2) is 47.6 Å². The molecular weight excluding hydrogens is 340 g/mol. The molecule has 3 heterocycles. The lowest BCUT2D eigenvalue weighted by atomic mass is 9.96. The van der Waals surface area contributed by atoms with Crippen molar-refractivity contribution in [3.8, 4) is 0 Å². The molecule has 1 aliphatic rings. The summed E-state index contributed by atoms with van der Waals surface area (Å²) < 4.78 is 5.34. The maximum absolute atomic E-state index is 13.2. The van der Waals surface area contributed by atoms with Crippen LogP contribution in [0.2, 0.25) is 0 Å². The minimum atomic E-state index is 0. The zero-order valence-corrected chi connectivity index (χ0v) is 16.2. The van der Waals surface area contributed by atoms with E-state index in [0.717, 1.165) is 42.8 Å². The van der Waals surface area contributed by atoms with Crippen LogP contribution in [0.4, 0.5) is 0 Å². The minimum Gasteiger partial charge on any atom is -0.338 e. The molecule has 138 valence electrons. The van der Waals surface area contributed by atoms with Crippen molar-refractivity contribution in [2.45, 2.75) is 39.5 Å². The van der Waals surface area contributed by atoms with Crippen LogP contribution in [0.3, 0.4) is 0 Å². The summed E-state index contributed by atoms with van der Waals surface area (Å²) in [5.41, 5.74) is 2.73. The van der Waals surface area contributed by atoms with Crippen molar-refractivity contribution in [3.05, 3.63) is 23.0 Å². The Hall–Kier alpha value is -1.66. The number of hydrogen-bond acceptors (Lipinski definition) is 5. The number of aromatic nitrogens is 2. The Morgan fingerprint density at radius 2 is 2.24 bits per heavy atom. The van der Waals surface area contributed by atoms with Gasteiger partial charge in [-0.25, -0.2) is 4.98 Å². The van der Waals surface area contributed by atoms with Gasteiger partial charge < -0.3 is 14.7 Å². The van der Waals surface area contributed by atoms with E-state index in [4.69, 9.17) is 4.52 Å². The Morgan fingerprint density at radius 3 is 2.92 bits per heavy atom. The molecule has 1 amide bonds. The topological polar surface area (TPSA) is 71.3 Å². The first kappa shape index (κ1) is 19.7. The molecule has 0 aromatic carbocycles. The maximum Gasteiger partial charge on any atom is 0.259 e. The van der Waals surface area contributed by atoms with E-state index in [0.29, 0.717) is 17.2 Å². The van der Waals surface area contributed by atoms with Crippen LogP contribution in [-0.2, 0) is 0 Å². The van der Waals surface area contributed by atoms with E-state index in [-0.39, 0.29) is 24.2 Å². The fourth-order valence-corrected chi connectivity index (χ4v) is 3.45. The van der Waals surface area contributed by atoms with Crippen molar-refractivity contribution < 1.29 is 9.32 Å². The largest absolute Gasteiger partial charge is 0.338 e. The standard InChI is InChI=1S/C18H26N4O2.ClH/c1-11(2)15-8-14(16-12(3)21-24-17(16)20-15)18(23)22-7-5-6-13(10-22)9-19-4;/h8,11,13,19H,5-7,9-10H2,1-4H3;1H. The zero-order valence-electron chi connectivity index (χ0n) is 15.3. The quantitative estimate of drug-likeness (QED) is 0.899. The first-order valence-electron chi connectivity index (χ1n) is 8.72. The number of amides is 1. The highest BCUT2D eigenvalue weighted by Gasteiger charge is 2.27. The van der Waals surface area contributed by atoms with Gasteiger partial charge in [-0.3, -0.25) is 4.79 Å². The molecule has 2 aromatic rings. The van der Waals surface area contributed by atoms with E-state index >= 15 is 0 Å². The van der Waals surface area contributed by atoms with E-state index in [1.54, 1.807) is 0 Å². The van der Waals surface area contributed by atoms with Gasteiger partial charge in [0, 0.05) is 18.8 Å². The molecule has 6 nitrogen and oxygen atoms in total. The summed E-state index contributed by atoms with van der Waals surface area (Å²) >= 11 is 0. The van der Waals surface area contributed by atoms with Crippen molar-refractivity contribution in [3.63, 3.8) is 0 Å². The van der Waals surface area contributed by atoms with Crippen LogP contribution in [0, 0.1) is 12.8 Å². The normalized spacial score (nSPS) is 17.8. The highest BCUT2D eigenvalue weighted by atomic mass is 35.5. The van der Waals surface area contributed by atoms with Crippen LogP contribution in [0.25, 0.3) is 11.1 Å². The summed E-state index contributed by atoms with van der Waals surface area (Å²) in [5, 5.41) is 7.98. The van der Waals surface area contributed by atoms with E-state index in [1.165, 1.54) is 6.42 Å². The highest BCUT2D eigenvalue weighted by molar-refractivity contribution is 6.06. The molecule has 0 radical (unpaired) electrons. The Labute approximate surface area is 154 Å². The third-order valence-electron chi connectivity index (χ3n) is 4.76. The second-order valence-corrected chi connectivity index (χ2v) is 7.01. The van der Waals surface area contributed by atoms with E-state index in [9.17, 15) is 4.79 Å². The lowest BCUT2D eigenvalue weighted by Gasteiger charge is -2.33. The van der Waals surface area contributed by atoms with Gasteiger partial charge in [-0.2, -0.15) is 0 Å². The Bertz CT molecular complexity index is 742. The van der Waals surface area contributed by atoms with E-state index in [2.05, 4.69) is 29.3 Å². The minimum absolute atomic E-state index is 0. The smallest absolute Gasteiger partial charge is 0.259 e. The second-order valence-electron chi connectivity index (χ2n) is 7.01. The van der Waals surface area contributed by atoms with Crippen LogP contribution >= 0.6 is 12.4 Å². The number of likely N-dealkylation sites (tertiary alicyclic amines) is 1. The molecule has 1 unspecified atom stereocenters. The number of halogens is 1. The molecule has 3 rings (SSSR count). The van der Waals surface area contributed by atoms with Gasteiger partial charge in [0.05, 0.1) is 16.6 Å². The van der Waals surface area contributed by atoms with Crippen LogP contribution in [0.1, 0.15) is 54.4 Å².